The van der Waals surface area contributed by atoms with Crippen molar-refractivity contribution in [2.45, 2.75) is 17.7 Å². The normalized spacial score (nSPS) is 14.8. The lowest BCUT2D eigenvalue weighted by Crippen LogP contribution is -2.42. The standard InChI is InChI=1S/C27H29N3O6S.C7H13NO3.3ClH/c1-35-24-8-10-25(11-9-24)37(33,34)30(27(31)14-15-28-18-20-36-21-19-28)26-5-3-2-4-23(26)7-6-22-12-16-29(32)17-13-22;9-7(10)1-2-8-3-5-11-6-4-8;;;/h2-13,16-17H,14-15,18-21H2,1H3;1-6H2,(H,9,10);3*1H/b7-6+;;;;. The van der Waals surface area contributed by atoms with Gasteiger partial charge in [-0.1, -0.05) is 30.4 Å². The predicted octanol–water partition coefficient (Wildman–Crippen LogP) is 4.00. The zero-order valence-electron chi connectivity index (χ0n) is 28.2. The molecule has 3 aromatic rings. The number of nitrogens with zero attached hydrogens (tertiary/aromatic N) is 4. The summed E-state index contributed by atoms with van der Waals surface area (Å²) in [6, 6.07) is 16.1. The number of rotatable bonds is 12. The Morgan fingerprint density at radius 2 is 1.37 bits per heavy atom. The molecular formula is C34H45Cl3N4O9S. The number of ether oxygens (including phenoxy) is 3. The van der Waals surface area contributed by atoms with Crippen LogP contribution in [0.15, 0.2) is 78.0 Å². The monoisotopic (exact) mass is 790 g/mol. The molecule has 0 atom stereocenters. The molecule has 17 heteroatoms. The van der Waals surface area contributed by atoms with Gasteiger partial charge >= 0.3 is 5.97 Å². The molecule has 2 aromatic carbocycles. The van der Waals surface area contributed by atoms with E-state index in [1.165, 1.54) is 31.6 Å². The maximum absolute atomic E-state index is 13.9. The van der Waals surface area contributed by atoms with E-state index in [1.807, 2.05) is 0 Å². The molecule has 0 saturated carbocycles. The number of carboxylic acids is 1. The quantitative estimate of drug-likeness (QED) is 0.209. The van der Waals surface area contributed by atoms with Crippen molar-refractivity contribution < 1.29 is 42.1 Å². The number of aliphatic carboxylic acids is 1. The third kappa shape index (κ3) is 14.2. The van der Waals surface area contributed by atoms with Crippen LogP contribution < -0.4 is 13.8 Å². The number of morpholine rings is 2. The van der Waals surface area contributed by atoms with Gasteiger partial charge in [-0.15, -0.1) is 37.2 Å². The lowest BCUT2D eigenvalue weighted by atomic mass is 10.1. The van der Waals surface area contributed by atoms with E-state index >= 15 is 0 Å². The Labute approximate surface area is 317 Å². The number of benzene rings is 2. The number of hydrogen-bond donors (Lipinski definition) is 1. The Bertz CT molecular complexity index is 1620. The molecule has 0 spiro atoms. The molecule has 2 fully saturated rings. The van der Waals surface area contributed by atoms with E-state index in [0.717, 1.165) is 36.2 Å². The van der Waals surface area contributed by atoms with E-state index in [9.17, 15) is 23.2 Å². The van der Waals surface area contributed by atoms with Crippen molar-refractivity contribution in [3.8, 4) is 5.75 Å². The minimum atomic E-state index is -4.24. The second-order valence-electron chi connectivity index (χ2n) is 11.0. The molecule has 282 valence electrons. The summed E-state index contributed by atoms with van der Waals surface area (Å²) in [5.74, 6) is -0.749. The van der Waals surface area contributed by atoms with Gasteiger partial charge in [-0.05, 0) is 41.5 Å². The zero-order valence-corrected chi connectivity index (χ0v) is 31.5. The summed E-state index contributed by atoms with van der Waals surface area (Å²) in [6.07, 6.45) is 6.50. The Morgan fingerprint density at radius 1 is 0.843 bits per heavy atom. The van der Waals surface area contributed by atoms with Crippen LogP contribution in [0.1, 0.15) is 24.0 Å². The Balaban J connectivity index is 0.000000799. The lowest BCUT2D eigenvalue weighted by Gasteiger charge is -2.28. The number of carbonyl (C=O) groups excluding carboxylic acids is 1. The molecule has 2 aliphatic rings. The second kappa shape index (κ2) is 23.2. The van der Waals surface area contributed by atoms with E-state index in [-0.39, 0.29) is 60.6 Å². The highest BCUT2D eigenvalue weighted by atomic mass is 35.5. The highest BCUT2D eigenvalue weighted by Gasteiger charge is 2.32. The number of anilines is 1. The SMILES string of the molecule is COc1ccc(S(=O)(=O)N(C(=O)CCN2CCOCC2)c2ccccc2/C=C/c2cc[n+]([O-])cc2)cc1.Cl.Cl.Cl.O=C(O)CCN1CCOCC1. The summed E-state index contributed by atoms with van der Waals surface area (Å²) in [4.78, 5) is 28.0. The summed E-state index contributed by atoms with van der Waals surface area (Å²) >= 11 is 0. The van der Waals surface area contributed by atoms with Crippen LogP contribution in [0.5, 0.6) is 5.75 Å². The number of methoxy groups -OCH3 is 1. The van der Waals surface area contributed by atoms with Crippen LogP contribution in [-0.4, -0.2) is 108 Å². The minimum Gasteiger partial charge on any atom is -0.619 e. The van der Waals surface area contributed by atoms with Gasteiger partial charge in [0.25, 0.3) is 10.0 Å². The van der Waals surface area contributed by atoms with Gasteiger partial charge in [-0.2, -0.15) is 4.73 Å². The number of hydrogen-bond acceptors (Lipinski definition) is 10. The van der Waals surface area contributed by atoms with E-state index in [0.29, 0.717) is 55.4 Å². The van der Waals surface area contributed by atoms with Crippen molar-refractivity contribution >= 4 is 77.0 Å². The molecule has 1 N–H and O–H groups in total. The fourth-order valence-corrected chi connectivity index (χ4v) is 6.52. The lowest BCUT2D eigenvalue weighted by molar-refractivity contribution is -0.605. The minimum absolute atomic E-state index is 0. The van der Waals surface area contributed by atoms with Crippen molar-refractivity contribution in [3.05, 3.63) is 89.4 Å². The van der Waals surface area contributed by atoms with Crippen LogP contribution in [0.4, 0.5) is 5.69 Å². The maximum atomic E-state index is 13.9. The van der Waals surface area contributed by atoms with Crippen molar-refractivity contribution in [1.82, 2.24) is 9.80 Å². The average Bonchev–Trinajstić information content (AvgIpc) is 3.11. The highest BCUT2D eigenvalue weighted by molar-refractivity contribution is 7.93. The van der Waals surface area contributed by atoms with E-state index in [4.69, 9.17) is 19.3 Å². The van der Waals surface area contributed by atoms with Gasteiger partial charge < -0.3 is 24.5 Å². The predicted molar refractivity (Wildman–Crippen MR) is 202 cm³/mol. The first-order chi connectivity index (χ1) is 23.2. The van der Waals surface area contributed by atoms with Gasteiger partial charge in [-0.3, -0.25) is 19.4 Å². The summed E-state index contributed by atoms with van der Waals surface area (Å²) in [6.45, 7) is 6.84. The molecular weight excluding hydrogens is 747 g/mol. The summed E-state index contributed by atoms with van der Waals surface area (Å²) in [5.41, 5.74) is 1.54. The molecule has 0 bridgehead atoms. The van der Waals surface area contributed by atoms with Crippen LogP contribution in [0.25, 0.3) is 12.2 Å². The summed E-state index contributed by atoms with van der Waals surface area (Å²) < 4.78 is 44.9. The fraction of sp³-hybridized carbons (Fsp3) is 0.382. The van der Waals surface area contributed by atoms with Crippen molar-refractivity contribution in [1.29, 1.82) is 0 Å². The smallest absolute Gasteiger partial charge is 0.304 e. The largest absolute Gasteiger partial charge is 0.619 e. The topological polar surface area (TPSA) is 153 Å². The van der Waals surface area contributed by atoms with E-state index < -0.39 is 21.9 Å². The van der Waals surface area contributed by atoms with E-state index in [2.05, 4.69) is 9.80 Å². The van der Waals surface area contributed by atoms with Crippen LogP contribution >= 0.6 is 37.2 Å². The Kier molecular flexibility index (Phi) is 20.7. The molecule has 1 amide bonds. The van der Waals surface area contributed by atoms with Crippen molar-refractivity contribution in [3.63, 3.8) is 0 Å². The second-order valence-corrected chi connectivity index (χ2v) is 12.8. The Morgan fingerprint density at radius 3 is 1.90 bits per heavy atom. The maximum Gasteiger partial charge on any atom is 0.304 e. The molecule has 0 aliphatic carbocycles. The number of aromatic nitrogens is 1. The molecule has 0 radical (unpaired) electrons. The van der Waals surface area contributed by atoms with Crippen LogP contribution in [0.2, 0.25) is 0 Å². The molecule has 2 saturated heterocycles. The number of halogens is 3. The fourth-order valence-electron chi connectivity index (χ4n) is 5.04. The Hall–Kier alpha value is -3.47. The number of pyridine rings is 1. The van der Waals surface area contributed by atoms with Gasteiger partial charge in [0.2, 0.25) is 5.91 Å². The molecule has 1 aromatic heterocycles. The number of amides is 1. The highest BCUT2D eigenvalue weighted by Crippen LogP contribution is 2.30. The van der Waals surface area contributed by atoms with Gasteiger partial charge in [0.1, 0.15) is 5.75 Å². The van der Waals surface area contributed by atoms with Crippen molar-refractivity contribution in [2.24, 2.45) is 0 Å². The first-order valence-corrected chi connectivity index (χ1v) is 17.1. The van der Waals surface area contributed by atoms with Crippen LogP contribution in [0.3, 0.4) is 0 Å². The van der Waals surface area contributed by atoms with Crippen LogP contribution in [0, 0.1) is 5.21 Å². The van der Waals surface area contributed by atoms with Crippen molar-refractivity contribution in [2.75, 3.05) is 77.1 Å². The average molecular weight is 792 g/mol. The van der Waals surface area contributed by atoms with Crippen LogP contribution in [-0.2, 0) is 29.1 Å². The first-order valence-electron chi connectivity index (χ1n) is 15.7. The van der Waals surface area contributed by atoms with Gasteiger partial charge in [0.05, 0.1) is 50.5 Å². The number of carboxylic acid groups (broad SMARTS) is 1. The van der Waals surface area contributed by atoms with Gasteiger partial charge in [-0.25, -0.2) is 12.7 Å². The molecule has 3 heterocycles. The number of para-hydroxylation sites is 1. The third-order valence-corrected chi connectivity index (χ3v) is 9.50. The first kappa shape index (κ1) is 45.6. The van der Waals surface area contributed by atoms with E-state index in [1.54, 1.807) is 60.7 Å². The van der Waals surface area contributed by atoms with Gasteiger partial charge in [0, 0.05) is 57.8 Å². The summed E-state index contributed by atoms with van der Waals surface area (Å²) in [5, 5.41) is 19.7. The molecule has 5 rings (SSSR count). The third-order valence-electron chi connectivity index (χ3n) is 7.75. The molecule has 51 heavy (non-hydrogen) atoms. The number of sulfonamides is 1. The molecule has 2 aliphatic heterocycles. The molecule has 13 nitrogen and oxygen atoms in total. The zero-order chi connectivity index (χ0) is 34.4. The molecule has 0 unspecified atom stereocenters. The number of carbonyl (C=O) groups is 2. The summed E-state index contributed by atoms with van der Waals surface area (Å²) in [7, 11) is -2.74. The van der Waals surface area contributed by atoms with Gasteiger partial charge in [0.15, 0.2) is 12.4 Å².